The minimum atomic E-state index is -1.13. The zero-order valence-electron chi connectivity index (χ0n) is 27.9. The lowest BCUT2D eigenvalue weighted by molar-refractivity contribution is -0.143. The van der Waals surface area contributed by atoms with Crippen LogP contribution in [0.4, 0.5) is 0 Å². The van der Waals surface area contributed by atoms with E-state index in [0.29, 0.717) is 38.0 Å². The molecule has 2 aromatic rings. The van der Waals surface area contributed by atoms with Crippen LogP contribution >= 0.6 is 0 Å². The molecule has 3 aliphatic rings. The summed E-state index contributed by atoms with van der Waals surface area (Å²) in [6.45, 7) is 8.25. The molecule has 0 aromatic heterocycles. The minimum absolute atomic E-state index is 0.120. The third-order valence-electron chi connectivity index (χ3n) is 8.58. The van der Waals surface area contributed by atoms with Crippen molar-refractivity contribution in [1.29, 1.82) is 0 Å². The highest BCUT2D eigenvalue weighted by Crippen LogP contribution is 2.24. The van der Waals surface area contributed by atoms with E-state index in [1.165, 1.54) is 0 Å². The van der Waals surface area contributed by atoms with Gasteiger partial charge in [-0.3, -0.25) is 24.1 Å². The Morgan fingerprint density at radius 2 is 1.70 bits per heavy atom. The Labute approximate surface area is 272 Å². The van der Waals surface area contributed by atoms with Crippen molar-refractivity contribution in [2.24, 2.45) is 11.8 Å². The fourth-order valence-electron chi connectivity index (χ4n) is 6.06. The van der Waals surface area contributed by atoms with E-state index in [4.69, 9.17) is 4.74 Å². The van der Waals surface area contributed by atoms with E-state index in [-0.39, 0.29) is 23.7 Å². The molecule has 0 aliphatic carbocycles. The van der Waals surface area contributed by atoms with Crippen LogP contribution in [0.1, 0.15) is 58.1 Å². The number of rotatable bonds is 9. The molecule has 1 fully saturated rings. The monoisotopic (exact) mass is 631 g/mol. The Hall–Kier alpha value is -4.18. The van der Waals surface area contributed by atoms with E-state index in [1.807, 2.05) is 89.2 Å². The molecule has 0 saturated carbocycles. The van der Waals surface area contributed by atoms with Gasteiger partial charge >= 0.3 is 0 Å². The highest BCUT2D eigenvalue weighted by Gasteiger charge is 2.42. The van der Waals surface area contributed by atoms with Crippen LogP contribution in [0.15, 0.2) is 60.8 Å². The molecular weight excluding hydrogens is 582 g/mol. The molecule has 3 heterocycles. The number of carbonyl (C=O) groups excluding carboxylic acids is 4. The Kier molecular flexibility index (Phi) is 12.0. The van der Waals surface area contributed by atoms with E-state index in [9.17, 15) is 19.2 Å². The van der Waals surface area contributed by atoms with E-state index < -0.39 is 42.1 Å². The Morgan fingerprint density at radius 1 is 1.00 bits per heavy atom. The number of likely N-dealkylation sites (tertiary alicyclic amines) is 1. The molecule has 2 bridgehead atoms. The predicted molar refractivity (Wildman–Crippen MR) is 179 cm³/mol. The largest absolute Gasteiger partial charge is 0.487 e. The summed E-state index contributed by atoms with van der Waals surface area (Å²) in [5.41, 5.74) is 1.90. The van der Waals surface area contributed by atoms with Crippen LogP contribution in [0.5, 0.6) is 5.75 Å². The summed E-state index contributed by atoms with van der Waals surface area (Å²) in [6.07, 6.45) is 4.66. The standard InChI is InChI=1S/C36H49N5O5/c1-23(2)21-28-33(42)37-19-18-25-14-16-27(17-15-25)46-32(24(3)4)31(35(44)38-28)39-34(43)29-13-10-20-41(29)36(45)30(40(5)6)22-26-11-8-7-9-12-26/h7-9,11-12,14-19,23-24,28-32H,10,13,20-22H2,1-6H3,(H,37,42)(H,38,44)(H,39,43). The first kappa shape index (κ1) is 34.7. The van der Waals surface area contributed by atoms with Crippen LogP contribution in [0.25, 0.3) is 6.08 Å². The zero-order valence-corrected chi connectivity index (χ0v) is 27.9. The summed E-state index contributed by atoms with van der Waals surface area (Å²) in [5, 5.41) is 8.66. The van der Waals surface area contributed by atoms with Crippen molar-refractivity contribution in [3.63, 3.8) is 0 Å². The SMILES string of the molecule is CC(C)CC1NC(=O)C(NC(=O)C2CCCN2C(=O)C(Cc2ccccc2)N(C)C)C(C(C)C)Oc2ccc(cc2)C=CNC1=O. The second-order valence-electron chi connectivity index (χ2n) is 13.3. The molecule has 46 heavy (non-hydrogen) atoms. The molecule has 4 amide bonds. The van der Waals surface area contributed by atoms with Gasteiger partial charge in [0.2, 0.25) is 23.6 Å². The van der Waals surface area contributed by atoms with E-state index in [1.54, 1.807) is 29.3 Å². The quantitative estimate of drug-likeness (QED) is 0.391. The highest BCUT2D eigenvalue weighted by atomic mass is 16.5. The maximum atomic E-state index is 14.1. The highest BCUT2D eigenvalue weighted by molar-refractivity contribution is 5.95. The molecule has 5 atom stereocenters. The number of hydrogen-bond acceptors (Lipinski definition) is 6. The lowest BCUT2D eigenvalue weighted by atomic mass is 9.96. The molecule has 248 valence electrons. The van der Waals surface area contributed by atoms with Crippen LogP contribution in [-0.4, -0.2) is 84.3 Å². The van der Waals surface area contributed by atoms with Gasteiger partial charge < -0.3 is 25.6 Å². The first-order valence-electron chi connectivity index (χ1n) is 16.3. The molecule has 0 radical (unpaired) electrons. The number of benzene rings is 2. The topological polar surface area (TPSA) is 120 Å². The number of hydrogen-bond donors (Lipinski definition) is 3. The summed E-state index contributed by atoms with van der Waals surface area (Å²) >= 11 is 0. The van der Waals surface area contributed by atoms with Gasteiger partial charge in [0.1, 0.15) is 30.0 Å². The fourth-order valence-corrected chi connectivity index (χ4v) is 6.06. The number of ether oxygens (including phenoxy) is 1. The maximum absolute atomic E-state index is 14.1. The number of nitrogens with one attached hydrogen (secondary N) is 3. The van der Waals surface area contributed by atoms with Crippen molar-refractivity contribution in [3.8, 4) is 5.75 Å². The summed E-state index contributed by atoms with van der Waals surface area (Å²) in [5.74, 6) is -0.922. The smallest absolute Gasteiger partial charge is 0.247 e. The molecule has 10 heteroatoms. The zero-order chi connectivity index (χ0) is 33.4. The van der Waals surface area contributed by atoms with Crippen LogP contribution in [0.3, 0.4) is 0 Å². The summed E-state index contributed by atoms with van der Waals surface area (Å²) < 4.78 is 6.39. The second-order valence-corrected chi connectivity index (χ2v) is 13.3. The first-order valence-corrected chi connectivity index (χ1v) is 16.3. The second kappa shape index (κ2) is 15.9. The van der Waals surface area contributed by atoms with Gasteiger partial charge in [-0.1, -0.05) is 70.2 Å². The average Bonchev–Trinajstić information content (AvgIpc) is 3.51. The van der Waals surface area contributed by atoms with E-state index >= 15 is 0 Å². The van der Waals surface area contributed by atoms with Gasteiger partial charge in [0.05, 0.1) is 6.04 Å². The molecule has 1 saturated heterocycles. The van der Waals surface area contributed by atoms with Gasteiger partial charge in [0, 0.05) is 12.7 Å². The first-order chi connectivity index (χ1) is 21.9. The van der Waals surface area contributed by atoms with Crippen molar-refractivity contribution in [2.45, 2.75) is 83.6 Å². The van der Waals surface area contributed by atoms with Gasteiger partial charge in [-0.2, -0.15) is 0 Å². The number of nitrogens with zero attached hydrogens (tertiary/aromatic N) is 2. The van der Waals surface area contributed by atoms with Crippen LogP contribution in [0, 0.1) is 11.8 Å². The number of carbonyl (C=O) groups is 4. The van der Waals surface area contributed by atoms with Gasteiger partial charge in [-0.25, -0.2) is 0 Å². The summed E-state index contributed by atoms with van der Waals surface area (Å²) in [6, 6.07) is 14.0. The van der Waals surface area contributed by atoms with Crippen molar-refractivity contribution in [1.82, 2.24) is 25.8 Å². The molecule has 10 nitrogen and oxygen atoms in total. The fraction of sp³-hybridized carbons (Fsp3) is 0.500. The van der Waals surface area contributed by atoms with Crippen molar-refractivity contribution in [2.75, 3.05) is 20.6 Å². The average molecular weight is 632 g/mol. The molecule has 5 rings (SSSR count). The minimum Gasteiger partial charge on any atom is -0.487 e. The van der Waals surface area contributed by atoms with Crippen molar-refractivity contribution >= 4 is 29.7 Å². The predicted octanol–water partition coefficient (Wildman–Crippen LogP) is 3.37. The van der Waals surface area contributed by atoms with E-state index in [2.05, 4.69) is 16.0 Å². The van der Waals surface area contributed by atoms with Gasteiger partial charge in [-0.15, -0.1) is 0 Å². The van der Waals surface area contributed by atoms with Crippen molar-refractivity contribution < 1.29 is 23.9 Å². The van der Waals surface area contributed by atoms with Gasteiger partial charge in [0.25, 0.3) is 0 Å². The summed E-state index contributed by atoms with van der Waals surface area (Å²) in [7, 11) is 3.74. The Bertz CT molecular complexity index is 1370. The molecule has 3 aliphatic heterocycles. The van der Waals surface area contributed by atoms with Crippen LogP contribution in [0.2, 0.25) is 0 Å². The third kappa shape index (κ3) is 8.96. The normalized spacial score (nSPS) is 22.8. The molecule has 5 unspecified atom stereocenters. The Balaban J connectivity index is 1.62. The van der Waals surface area contributed by atoms with Crippen molar-refractivity contribution in [3.05, 3.63) is 71.9 Å². The third-order valence-corrected chi connectivity index (χ3v) is 8.58. The molecule has 0 spiro atoms. The van der Waals surface area contributed by atoms with Gasteiger partial charge in [-0.05, 0) is 81.0 Å². The lowest BCUT2D eigenvalue weighted by Crippen LogP contribution is -2.62. The molecule has 3 N–H and O–H groups in total. The van der Waals surface area contributed by atoms with Gasteiger partial charge in [0.15, 0.2) is 0 Å². The Morgan fingerprint density at radius 3 is 2.33 bits per heavy atom. The number of amides is 4. The lowest BCUT2D eigenvalue weighted by Gasteiger charge is -2.35. The molecular formula is C36H49N5O5. The van der Waals surface area contributed by atoms with Crippen LogP contribution < -0.4 is 20.7 Å². The molecule has 2 aromatic carbocycles. The maximum Gasteiger partial charge on any atom is 0.247 e. The summed E-state index contributed by atoms with van der Waals surface area (Å²) in [4.78, 5) is 58.8. The van der Waals surface area contributed by atoms with Crippen LogP contribution in [-0.2, 0) is 25.6 Å². The number of fused-ring (bicyclic) bond motifs is 10. The number of likely N-dealkylation sites (N-methyl/N-ethyl adjacent to an activating group) is 1. The van der Waals surface area contributed by atoms with E-state index in [0.717, 1.165) is 11.1 Å².